The summed E-state index contributed by atoms with van der Waals surface area (Å²) in [5.41, 5.74) is 1.89. The van der Waals surface area contributed by atoms with Crippen molar-refractivity contribution in [3.8, 4) is 10.6 Å². The minimum atomic E-state index is -0.320. The molecule has 0 fully saturated rings. The quantitative estimate of drug-likeness (QED) is 0.794. The van der Waals surface area contributed by atoms with Crippen LogP contribution in [-0.4, -0.2) is 10.9 Å². The molecular weight excluding hydrogens is 299 g/mol. The predicted octanol–water partition coefficient (Wildman–Crippen LogP) is 3.88. The molecule has 1 aromatic heterocycles. The van der Waals surface area contributed by atoms with E-state index in [0.717, 1.165) is 10.6 Å². The number of aromatic nitrogens is 1. The summed E-state index contributed by atoms with van der Waals surface area (Å²) in [4.78, 5) is 16.4. The molecule has 1 amide bonds. The van der Waals surface area contributed by atoms with Gasteiger partial charge in [-0.15, -0.1) is 11.3 Å². The molecule has 1 heterocycles. The second-order valence-corrected chi connectivity index (χ2v) is 5.59. The molecule has 0 bridgehead atoms. The lowest BCUT2D eigenvalue weighted by molar-refractivity contribution is 0.0950. The van der Waals surface area contributed by atoms with Crippen LogP contribution in [0.25, 0.3) is 10.6 Å². The van der Waals surface area contributed by atoms with E-state index in [1.807, 2.05) is 17.5 Å². The summed E-state index contributed by atoms with van der Waals surface area (Å²) in [6, 6.07) is 13.6. The number of carbonyl (C=O) groups is 1. The highest BCUT2D eigenvalue weighted by atomic mass is 32.1. The maximum Gasteiger partial charge on any atom is 0.251 e. The molecule has 5 heteroatoms. The van der Waals surface area contributed by atoms with Crippen molar-refractivity contribution in [3.63, 3.8) is 0 Å². The van der Waals surface area contributed by atoms with Gasteiger partial charge in [-0.25, -0.2) is 9.37 Å². The number of benzene rings is 2. The predicted molar refractivity (Wildman–Crippen MR) is 85.1 cm³/mol. The number of carbonyl (C=O) groups excluding carboxylic acids is 1. The first-order valence-corrected chi connectivity index (χ1v) is 7.63. The first kappa shape index (κ1) is 14.4. The van der Waals surface area contributed by atoms with E-state index in [-0.39, 0.29) is 18.3 Å². The van der Waals surface area contributed by atoms with Crippen LogP contribution in [0.1, 0.15) is 15.9 Å². The normalized spacial score (nSPS) is 10.4. The van der Waals surface area contributed by atoms with E-state index in [1.54, 1.807) is 36.5 Å². The number of amides is 1. The van der Waals surface area contributed by atoms with Crippen molar-refractivity contribution in [3.05, 3.63) is 77.1 Å². The fourth-order valence-electron chi connectivity index (χ4n) is 2.08. The Morgan fingerprint density at radius 1 is 1.18 bits per heavy atom. The summed E-state index contributed by atoms with van der Waals surface area (Å²) in [5, 5.41) is 5.49. The van der Waals surface area contributed by atoms with Crippen molar-refractivity contribution >= 4 is 17.2 Å². The Morgan fingerprint density at radius 3 is 2.82 bits per heavy atom. The van der Waals surface area contributed by atoms with Crippen LogP contribution in [0.4, 0.5) is 4.39 Å². The highest BCUT2D eigenvalue weighted by Crippen LogP contribution is 2.22. The van der Waals surface area contributed by atoms with Gasteiger partial charge in [0, 0.05) is 34.8 Å². The highest BCUT2D eigenvalue weighted by molar-refractivity contribution is 7.13. The highest BCUT2D eigenvalue weighted by Gasteiger charge is 2.09. The molecule has 0 saturated heterocycles. The monoisotopic (exact) mass is 312 g/mol. The zero-order chi connectivity index (χ0) is 15.4. The van der Waals surface area contributed by atoms with Gasteiger partial charge in [-0.1, -0.05) is 30.3 Å². The first-order valence-electron chi connectivity index (χ1n) is 6.75. The fraction of sp³-hybridized carbons (Fsp3) is 0.0588. The molecule has 0 spiro atoms. The lowest BCUT2D eigenvalue weighted by Crippen LogP contribution is -2.23. The lowest BCUT2D eigenvalue weighted by Gasteiger charge is -2.07. The SMILES string of the molecule is O=C(NCc1ccccc1F)c1cccc(-c2nccs2)c1. The summed E-state index contributed by atoms with van der Waals surface area (Å²) >= 11 is 1.52. The van der Waals surface area contributed by atoms with Gasteiger partial charge in [0.1, 0.15) is 10.8 Å². The van der Waals surface area contributed by atoms with E-state index in [9.17, 15) is 9.18 Å². The molecular formula is C17H13FN2OS. The summed E-state index contributed by atoms with van der Waals surface area (Å²) in [7, 11) is 0. The Hall–Kier alpha value is -2.53. The standard InChI is InChI=1S/C17H13FN2OS/c18-15-7-2-1-4-14(15)11-20-16(21)12-5-3-6-13(10-12)17-19-8-9-22-17/h1-10H,11H2,(H,20,21). The van der Waals surface area contributed by atoms with Gasteiger partial charge in [0.25, 0.3) is 5.91 Å². The Kier molecular flexibility index (Phi) is 4.25. The molecule has 0 unspecified atom stereocenters. The largest absolute Gasteiger partial charge is 0.348 e. The number of hydrogen-bond donors (Lipinski definition) is 1. The number of rotatable bonds is 4. The van der Waals surface area contributed by atoms with E-state index >= 15 is 0 Å². The second kappa shape index (κ2) is 6.49. The van der Waals surface area contributed by atoms with Crippen molar-refractivity contribution in [1.82, 2.24) is 10.3 Å². The first-order chi connectivity index (χ1) is 10.7. The Balaban J connectivity index is 1.73. The van der Waals surface area contributed by atoms with E-state index < -0.39 is 0 Å². The Morgan fingerprint density at radius 2 is 2.05 bits per heavy atom. The topological polar surface area (TPSA) is 42.0 Å². The maximum absolute atomic E-state index is 13.5. The molecule has 22 heavy (non-hydrogen) atoms. The minimum absolute atomic E-state index is 0.160. The molecule has 0 aliphatic rings. The molecule has 3 rings (SSSR count). The fourth-order valence-corrected chi connectivity index (χ4v) is 2.71. The van der Waals surface area contributed by atoms with E-state index in [0.29, 0.717) is 11.1 Å². The zero-order valence-corrected chi connectivity index (χ0v) is 12.4. The van der Waals surface area contributed by atoms with Crippen molar-refractivity contribution in [2.45, 2.75) is 6.54 Å². The van der Waals surface area contributed by atoms with E-state index in [2.05, 4.69) is 10.3 Å². The van der Waals surface area contributed by atoms with Gasteiger partial charge in [0.2, 0.25) is 0 Å². The molecule has 0 saturated carbocycles. The third-order valence-electron chi connectivity index (χ3n) is 3.20. The Bertz CT molecular complexity index is 787. The molecule has 0 atom stereocenters. The summed E-state index contributed by atoms with van der Waals surface area (Å²) in [5.74, 6) is -0.555. The van der Waals surface area contributed by atoms with Crippen molar-refractivity contribution in [2.75, 3.05) is 0 Å². The molecule has 3 nitrogen and oxygen atoms in total. The number of thiazole rings is 1. The summed E-state index contributed by atoms with van der Waals surface area (Å²) in [6.07, 6.45) is 1.73. The number of nitrogens with zero attached hydrogens (tertiary/aromatic N) is 1. The minimum Gasteiger partial charge on any atom is -0.348 e. The molecule has 0 aliphatic heterocycles. The maximum atomic E-state index is 13.5. The lowest BCUT2D eigenvalue weighted by atomic mass is 10.1. The number of halogens is 1. The van der Waals surface area contributed by atoms with Crippen molar-refractivity contribution in [1.29, 1.82) is 0 Å². The van der Waals surface area contributed by atoms with Gasteiger partial charge in [-0.3, -0.25) is 4.79 Å². The average molecular weight is 312 g/mol. The Labute approximate surface area is 131 Å². The smallest absolute Gasteiger partial charge is 0.251 e. The third-order valence-corrected chi connectivity index (χ3v) is 4.02. The summed E-state index contributed by atoms with van der Waals surface area (Å²) in [6.45, 7) is 0.160. The number of nitrogens with one attached hydrogen (secondary N) is 1. The average Bonchev–Trinajstić information content (AvgIpc) is 3.08. The molecule has 110 valence electrons. The van der Waals surface area contributed by atoms with Crippen molar-refractivity contribution < 1.29 is 9.18 Å². The molecule has 0 radical (unpaired) electrons. The molecule has 1 N–H and O–H groups in total. The van der Waals surface area contributed by atoms with Crippen LogP contribution in [0.15, 0.2) is 60.1 Å². The molecule has 3 aromatic rings. The van der Waals surface area contributed by atoms with Gasteiger partial charge < -0.3 is 5.32 Å². The van der Waals surface area contributed by atoms with Crippen LogP contribution in [0.3, 0.4) is 0 Å². The van der Waals surface area contributed by atoms with Gasteiger partial charge in [-0.05, 0) is 18.2 Å². The van der Waals surface area contributed by atoms with Gasteiger partial charge in [-0.2, -0.15) is 0 Å². The van der Waals surface area contributed by atoms with Crippen LogP contribution in [-0.2, 0) is 6.54 Å². The van der Waals surface area contributed by atoms with Crippen LogP contribution in [0, 0.1) is 5.82 Å². The van der Waals surface area contributed by atoms with E-state index in [1.165, 1.54) is 17.4 Å². The van der Waals surface area contributed by atoms with Crippen LogP contribution >= 0.6 is 11.3 Å². The third kappa shape index (κ3) is 3.20. The van der Waals surface area contributed by atoms with Crippen LogP contribution in [0.5, 0.6) is 0 Å². The van der Waals surface area contributed by atoms with Crippen molar-refractivity contribution in [2.24, 2.45) is 0 Å². The number of hydrogen-bond acceptors (Lipinski definition) is 3. The molecule has 2 aromatic carbocycles. The van der Waals surface area contributed by atoms with Gasteiger partial charge in [0.15, 0.2) is 0 Å². The molecule has 0 aliphatic carbocycles. The second-order valence-electron chi connectivity index (χ2n) is 4.69. The zero-order valence-electron chi connectivity index (χ0n) is 11.6. The van der Waals surface area contributed by atoms with Gasteiger partial charge in [0.05, 0.1) is 0 Å². The van der Waals surface area contributed by atoms with E-state index in [4.69, 9.17) is 0 Å². The van der Waals surface area contributed by atoms with Crippen LogP contribution < -0.4 is 5.32 Å². The van der Waals surface area contributed by atoms with Crippen LogP contribution in [0.2, 0.25) is 0 Å². The van der Waals surface area contributed by atoms with Gasteiger partial charge >= 0.3 is 0 Å². The summed E-state index contributed by atoms with van der Waals surface area (Å²) < 4.78 is 13.5.